The molecule has 1 aliphatic carbocycles. The lowest BCUT2D eigenvalue weighted by molar-refractivity contribution is 0.0898. The van der Waals surface area contributed by atoms with E-state index in [2.05, 4.69) is 34.4 Å². The average molecular weight is 276 g/mol. The van der Waals surface area contributed by atoms with E-state index in [0.29, 0.717) is 12.1 Å². The summed E-state index contributed by atoms with van der Waals surface area (Å²) in [5.74, 6) is 2.68. The van der Waals surface area contributed by atoms with Crippen LogP contribution in [0.4, 0.5) is 11.6 Å². The minimum Gasteiger partial charge on any atom is -0.376 e. The molecule has 5 nitrogen and oxygen atoms in total. The smallest absolute Gasteiger partial charge is 0.135 e. The average Bonchev–Trinajstić information content (AvgIpc) is 3.20. The summed E-state index contributed by atoms with van der Waals surface area (Å²) < 4.78 is 5.89. The largest absolute Gasteiger partial charge is 0.376 e. The summed E-state index contributed by atoms with van der Waals surface area (Å²) >= 11 is 0. The number of hydrogen-bond acceptors (Lipinski definition) is 5. The van der Waals surface area contributed by atoms with Crippen molar-refractivity contribution in [1.82, 2.24) is 9.97 Å². The summed E-state index contributed by atoms with van der Waals surface area (Å²) in [6, 6.07) is 0.400. The number of nitrogens with one attached hydrogen (secondary N) is 2. The number of aromatic nitrogens is 2. The molecule has 0 bridgehead atoms. The van der Waals surface area contributed by atoms with Gasteiger partial charge in [0.25, 0.3) is 0 Å². The first-order valence-electron chi connectivity index (χ1n) is 7.79. The van der Waals surface area contributed by atoms with Gasteiger partial charge in [-0.15, -0.1) is 0 Å². The van der Waals surface area contributed by atoms with Crippen LogP contribution in [-0.4, -0.2) is 35.3 Å². The molecule has 20 heavy (non-hydrogen) atoms. The zero-order chi connectivity index (χ0) is 13.9. The van der Waals surface area contributed by atoms with Gasteiger partial charge in [0.05, 0.1) is 12.1 Å². The highest BCUT2D eigenvalue weighted by Gasteiger charge is 2.40. The van der Waals surface area contributed by atoms with E-state index in [-0.39, 0.29) is 0 Å². The fourth-order valence-electron chi connectivity index (χ4n) is 3.02. The second-order valence-electron chi connectivity index (χ2n) is 5.65. The molecule has 0 spiro atoms. The summed E-state index contributed by atoms with van der Waals surface area (Å²) in [7, 11) is 0. The number of hydrogen-bond donors (Lipinski definition) is 2. The van der Waals surface area contributed by atoms with Crippen LogP contribution in [0.1, 0.15) is 38.7 Å². The van der Waals surface area contributed by atoms with Crippen LogP contribution in [0.15, 0.2) is 6.33 Å². The molecule has 2 N–H and O–H groups in total. The molecule has 0 radical (unpaired) electrons. The third kappa shape index (κ3) is 2.73. The molecule has 2 aliphatic rings. The maximum absolute atomic E-state index is 5.89. The Bertz CT molecular complexity index is 461. The van der Waals surface area contributed by atoms with E-state index in [0.717, 1.165) is 43.5 Å². The molecule has 3 rings (SSSR count). The zero-order valence-electron chi connectivity index (χ0n) is 12.4. The lowest BCUT2D eigenvalue weighted by Crippen LogP contribution is -2.31. The molecule has 1 saturated carbocycles. The first-order chi connectivity index (χ1) is 9.83. The van der Waals surface area contributed by atoms with Crippen LogP contribution < -0.4 is 10.6 Å². The number of nitrogens with zero attached hydrogens (tertiary/aromatic N) is 2. The summed E-state index contributed by atoms with van der Waals surface area (Å²) in [4.78, 5) is 8.80. The Labute approximate surface area is 120 Å². The summed E-state index contributed by atoms with van der Waals surface area (Å²) in [5, 5.41) is 6.93. The quantitative estimate of drug-likeness (QED) is 0.836. The van der Waals surface area contributed by atoms with Gasteiger partial charge in [0.15, 0.2) is 0 Å². The van der Waals surface area contributed by atoms with E-state index >= 15 is 0 Å². The first-order valence-corrected chi connectivity index (χ1v) is 7.79. The van der Waals surface area contributed by atoms with Gasteiger partial charge in [0, 0.05) is 18.7 Å². The molecule has 2 fully saturated rings. The van der Waals surface area contributed by atoms with Crippen LogP contribution in [-0.2, 0) is 11.2 Å². The van der Waals surface area contributed by atoms with E-state index in [4.69, 9.17) is 4.74 Å². The molecule has 2 unspecified atom stereocenters. The first kappa shape index (κ1) is 13.6. The number of rotatable bonds is 6. The standard InChI is InChI=1S/C15H24N4O/c1-3-11-14(16-4-2)17-9-18-15(11)19-12-7-8-20-13(12)10-5-6-10/h9-10,12-13H,3-8H2,1-2H3,(H2,16,17,18,19). The zero-order valence-corrected chi connectivity index (χ0v) is 12.4. The van der Waals surface area contributed by atoms with Crippen LogP contribution in [0.5, 0.6) is 0 Å². The Hall–Kier alpha value is -1.36. The highest BCUT2D eigenvalue weighted by atomic mass is 16.5. The lowest BCUT2D eigenvalue weighted by atomic mass is 10.1. The van der Waals surface area contributed by atoms with Crippen LogP contribution in [0.25, 0.3) is 0 Å². The molecule has 2 heterocycles. The van der Waals surface area contributed by atoms with Gasteiger partial charge < -0.3 is 15.4 Å². The van der Waals surface area contributed by atoms with Gasteiger partial charge in [-0.05, 0) is 38.5 Å². The van der Waals surface area contributed by atoms with Gasteiger partial charge >= 0.3 is 0 Å². The van der Waals surface area contributed by atoms with Crippen molar-refractivity contribution in [3.05, 3.63) is 11.9 Å². The molecular formula is C15H24N4O. The summed E-state index contributed by atoms with van der Waals surface area (Å²) in [6.45, 7) is 5.98. The van der Waals surface area contributed by atoms with E-state index in [1.165, 1.54) is 18.4 Å². The molecule has 1 aromatic heterocycles. The Morgan fingerprint density at radius 3 is 2.70 bits per heavy atom. The highest BCUT2D eigenvalue weighted by molar-refractivity contribution is 5.57. The van der Waals surface area contributed by atoms with E-state index < -0.39 is 0 Å². The van der Waals surface area contributed by atoms with Gasteiger partial charge in [-0.1, -0.05) is 6.92 Å². The van der Waals surface area contributed by atoms with Crippen LogP contribution in [0, 0.1) is 5.92 Å². The van der Waals surface area contributed by atoms with E-state index in [1.807, 2.05) is 0 Å². The predicted molar refractivity (Wildman–Crippen MR) is 80.1 cm³/mol. The summed E-state index contributed by atoms with van der Waals surface area (Å²) in [5.41, 5.74) is 1.18. The van der Waals surface area contributed by atoms with Crippen molar-refractivity contribution >= 4 is 11.6 Å². The van der Waals surface area contributed by atoms with Crippen LogP contribution in [0.3, 0.4) is 0 Å². The van der Waals surface area contributed by atoms with Crippen molar-refractivity contribution in [3.8, 4) is 0 Å². The Balaban J connectivity index is 1.77. The van der Waals surface area contributed by atoms with Crippen molar-refractivity contribution in [2.24, 2.45) is 5.92 Å². The molecule has 1 aliphatic heterocycles. The second kappa shape index (κ2) is 5.95. The number of anilines is 2. The van der Waals surface area contributed by atoms with Gasteiger partial charge in [0.1, 0.15) is 18.0 Å². The molecule has 1 saturated heterocycles. The van der Waals surface area contributed by atoms with Crippen molar-refractivity contribution in [2.45, 2.75) is 51.7 Å². The Kier molecular flexibility index (Phi) is 4.05. The van der Waals surface area contributed by atoms with Crippen molar-refractivity contribution < 1.29 is 4.74 Å². The normalized spacial score (nSPS) is 25.7. The highest BCUT2D eigenvalue weighted by Crippen LogP contribution is 2.39. The third-order valence-electron chi connectivity index (χ3n) is 4.19. The van der Waals surface area contributed by atoms with Crippen LogP contribution in [0.2, 0.25) is 0 Å². The van der Waals surface area contributed by atoms with Gasteiger partial charge in [-0.25, -0.2) is 9.97 Å². The maximum atomic E-state index is 5.89. The van der Waals surface area contributed by atoms with Gasteiger partial charge in [0.2, 0.25) is 0 Å². The molecule has 1 aromatic rings. The van der Waals surface area contributed by atoms with Crippen molar-refractivity contribution in [1.29, 1.82) is 0 Å². The Morgan fingerprint density at radius 2 is 2.00 bits per heavy atom. The molecule has 2 atom stereocenters. The molecular weight excluding hydrogens is 252 g/mol. The topological polar surface area (TPSA) is 59.1 Å². The van der Waals surface area contributed by atoms with Crippen LogP contribution >= 0.6 is 0 Å². The summed E-state index contributed by atoms with van der Waals surface area (Å²) in [6.07, 6.45) is 6.64. The van der Waals surface area contributed by atoms with Crippen molar-refractivity contribution in [3.63, 3.8) is 0 Å². The van der Waals surface area contributed by atoms with Gasteiger partial charge in [-0.3, -0.25) is 0 Å². The number of ether oxygens (including phenoxy) is 1. The fraction of sp³-hybridized carbons (Fsp3) is 0.733. The molecule has 0 amide bonds. The van der Waals surface area contributed by atoms with E-state index in [1.54, 1.807) is 6.33 Å². The van der Waals surface area contributed by atoms with Crippen molar-refractivity contribution in [2.75, 3.05) is 23.8 Å². The Morgan fingerprint density at radius 1 is 1.20 bits per heavy atom. The SMILES string of the molecule is CCNc1ncnc(NC2CCOC2C2CC2)c1CC. The second-order valence-corrected chi connectivity index (χ2v) is 5.65. The predicted octanol–water partition coefficient (Wildman–Crippen LogP) is 2.45. The fourth-order valence-corrected chi connectivity index (χ4v) is 3.02. The lowest BCUT2D eigenvalue weighted by Gasteiger charge is -2.22. The third-order valence-corrected chi connectivity index (χ3v) is 4.19. The minimum absolute atomic E-state index is 0.372. The molecule has 5 heteroatoms. The van der Waals surface area contributed by atoms with E-state index in [9.17, 15) is 0 Å². The maximum Gasteiger partial charge on any atom is 0.135 e. The molecule has 0 aromatic carbocycles. The minimum atomic E-state index is 0.372. The monoisotopic (exact) mass is 276 g/mol. The molecule has 110 valence electrons. The van der Waals surface area contributed by atoms with Gasteiger partial charge in [-0.2, -0.15) is 0 Å².